The van der Waals surface area contributed by atoms with Crippen LogP contribution in [-0.2, 0) is 11.2 Å². The minimum atomic E-state index is -4.81. The molecule has 2 heterocycles. The lowest BCUT2D eigenvalue weighted by molar-refractivity contribution is -0.276. The van der Waals surface area contributed by atoms with Gasteiger partial charge in [0, 0.05) is 23.4 Å². The summed E-state index contributed by atoms with van der Waals surface area (Å²) in [6.07, 6.45) is -1.86. The summed E-state index contributed by atoms with van der Waals surface area (Å²) in [5.41, 5.74) is 2.70. The molecule has 0 fully saturated rings. The average molecular weight is 380 g/mol. The van der Waals surface area contributed by atoms with Crippen LogP contribution in [0.2, 0.25) is 0 Å². The van der Waals surface area contributed by atoms with E-state index in [9.17, 15) is 18.0 Å². The van der Waals surface area contributed by atoms with Gasteiger partial charge >= 0.3 is 12.3 Å². The number of esters is 1. The van der Waals surface area contributed by atoms with Crippen molar-refractivity contribution in [1.82, 2.24) is 9.97 Å². The first kappa shape index (κ1) is 18.7. The fraction of sp³-hybridized carbons (Fsp3) is 0.278. The molecule has 0 bridgehead atoms. The Bertz CT molecular complexity index is 965. The number of nitrogens with zero attached hydrogens (tertiary/aromatic N) is 2. The van der Waals surface area contributed by atoms with Gasteiger partial charge in [-0.25, -0.2) is 14.8 Å². The van der Waals surface area contributed by atoms with Crippen LogP contribution >= 0.6 is 0 Å². The molecule has 6 nitrogen and oxygen atoms in total. The standard InChI is InChI=1S/C18H15F3N2O4/c1-3-10-7-12(11-5-6-13(22-8-11)27-18(19,20)21)15-16(26-9-23-15)14(10)17(24)25-4-2/h5-9H,3-4H2,1-2H3. The second-order valence-corrected chi connectivity index (χ2v) is 5.50. The Morgan fingerprint density at radius 1 is 1.22 bits per heavy atom. The molecule has 3 aromatic rings. The Morgan fingerprint density at radius 2 is 2.00 bits per heavy atom. The summed E-state index contributed by atoms with van der Waals surface area (Å²) in [4.78, 5) is 20.1. The molecule has 0 aliphatic rings. The number of rotatable bonds is 5. The lowest BCUT2D eigenvalue weighted by Crippen LogP contribution is -2.17. The molecule has 9 heteroatoms. The molecule has 1 aromatic carbocycles. The molecule has 0 saturated heterocycles. The van der Waals surface area contributed by atoms with Crippen LogP contribution in [0.3, 0.4) is 0 Å². The number of aryl methyl sites for hydroxylation is 1. The van der Waals surface area contributed by atoms with Gasteiger partial charge in [-0.1, -0.05) is 6.92 Å². The molecule has 0 spiro atoms. The summed E-state index contributed by atoms with van der Waals surface area (Å²) in [5, 5.41) is 0. The van der Waals surface area contributed by atoms with Gasteiger partial charge in [0.25, 0.3) is 0 Å². The van der Waals surface area contributed by atoms with Crippen molar-refractivity contribution in [2.45, 2.75) is 26.6 Å². The molecule has 0 saturated carbocycles. The third kappa shape index (κ3) is 3.86. The van der Waals surface area contributed by atoms with E-state index < -0.39 is 18.2 Å². The topological polar surface area (TPSA) is 74.5 Å². The van der Waals surface area contributed by atoms with E-state index in [1.165, 1.54) is 18.7 Å². The van der Waals surface area contributed by atoms with Gasteiger partial charge in [-0.3, -0.25) is 0 Å². The van der Waals surface area contributed by atoms with Crippen molar-refractivity contribution in [1.29, 1.82) is 0 Å². The Morgan fingerprint density at radius 3 is 2.59 bits per heavy atom. The molecule has 2 aromatic heterocycles. The van der Waals surface area contributed by atoms with Crippen molar-refractivity contribution in [2.75, 3.05) is 6.61 Å². The number of carbonyl (C=O) groups excluding carboxylic acids is 1. The van der Waals surface area contributed by atoms with E-state index in [1.54, 1.807) is 13.0 Å². The third-order valence-corrected chi connectivity index (χ3v) is 3.82. The molecular weight excluding hydrogens is 365 g/mol. The quantitative estimate of drug-likeness (QED) is 0.606. The molecule has 0 N–H and O–H groups in total. The monoisotopic (exact) mass is 380 g/mol. The number of oxazole rings is 1. The van der Waals surface area contributed by atoms with E-state index in [1.807, 2.05) is 6.92 Å². The lowest BCUT2D eigenvalue weighted by Gasteiger charge is -2.12. The molecular formula is C18H15F3N2O4. The van der Waals surface area contributed by atoms with Crippen LogP contribution in [0.15, 0.2) is 35.2 Å². The molecule has 0 aliphatic carbocycles. The van der Waals surface area contributed by atoms with Crippen molar-refractivity contribution in [3.8, 4) is 17.0 Å². The minimum absolute atomic E-state index is 0.212. The second-order valence-electron chi connectivity index (χ2n) is 5.50. The van der Waals surface area contributed by atoms with E-state index in [-0.39, 0.29) is 12.2 Å². The highest BCUT2D eigenvalue weighted by Crippen LogP contribution is 2.34. The molecule has 0 amide bonds. The summed E-state index contributed by atoms with van der Waals surface area (Å²) in [5.74, 6) is -1.09. The van der Waals surface area contributed by atoms with Crippen molar-refractivity contribution in [3.05, 3.63) is 41.9 Å². The number of alkyl halides is 3. The van der Waals surface area contributed by atoms with Gasteiger partial charge in [0.1, 0.15) is 11.1 Å². The number of hydrogen-bond acceptors (Lipinski definition) is 6. The fourth-order valence-electron chi connectivity index (χ4n) is 2.72. The number of carbonyl (C=O) groups is 1. The highest BCUT2D eigenvalue weighted by molar-refractivity contribution is 6.06. The minimum Gasteiger partial charge on any atom is -0.462 e. The van der Waals surface area contributed by atoms with Gasteiger partial charge in [-0.05, 0) is 31.0 Å². The maximum atomic E-state index is 12.3. The van der Waals surface area contributed by atoms with E-state index in [0.29, 0.717) is 34.2 Å². The fourth-order valence-corrected chi connectivity index (χ4v) is 2.72. The Kier molecular flexibility index (Phi) is 5.02. The van der Waals surface area contributed by atoms with Crippen LogP contribution in [0.5, 0.6) is 5.88 Å². The first-order chi connectivity index (χ1) is 12.8. The zero-order chi connectivity index (χ0) is 19.6. The van der Waals surface area contributed by atoms with Crippen LogP contribution in [0.4, 0.5) is 13.2 Å². The molecule has 0 unspecified atom stereocenters. The van der Waals surface area contributed by atoms with Crippen molar-refractivity contribution < 1.29 is 31.9 Å². The SMILES string of the molecule is CCOC(=O)c1c(CC)cc(-c2ccc(OC(F)(F)F)nc2)c2ncoc12. The second kappa shape index (κ2) is 7.26. The van der Waals surface area contributed by atoms with Gasteiger partial charge < -0.3 is 13.9 Å². The van der Waals surface area contributed by atoms with Crippen molar-refractivity contribution >= 4 is 17.1 Å². The Hall–Kier alpha value is -3.10. The van der Waals surface area contributed by atoms with E-state index in [0.717, 1.165) is 6.07 Å². The summed E-state index contributed by atoms with van der Waals surface area (Å²) in [6.45, 7) is 3.78. The molecule has 0 radical (unpaired) electrons. The number of aromatic nitrogens is 2. The number of fused-ring (bicyclic) bond motifs is 1. The van der Waals surface area contributed by atoms with Gasteiger partial charge in [0.15, 0.2) is 12.0 Å². The summed E-state index contributed by atoms with van der Waals surface area (Å²) < 4.78 is 51.1. The highest BCUT2D eigenvalue weighted by Gasteiger charge is 2.31. The van der Waals surface area contributed by atoms with Crippen LogP contribution in [0.25, 0.3) is 22.2 Å². The van der Waals surface area contributed by atoms with Crippen LogP contribution in [0.1, 0.15) is 29.8 Å². The zero-order valence-corrected chi connectivity index (χ0v) is 14.5. The highest BCUT2D eigenvalue weighted by atomic mass is 19.4. The zero-order valence-electron chi connectivity index (χ0n) is 14.5. The number of halogens is 3. The average Bonchev–Trinajstić information content (AvgIpc) is 3.09. The van der Waals surface area contributed by atoms with Crippen LogP contribution in [-0.4, -0.2) is 28.9 Å². The number of pyridine rings is 1. The van der Waals surface area contributed by atoms with E-state index in [4.69, 9.17) is 9.15 Å². The maximum Gasteiger partial charge on any atom is 0.574 e. The van der Waals surface area contributed by atoms with Crippen molar-refractivity contribution in [2.24, 2.45) is 0 Å². The Balaban J connectivity index is 2.09. The van der Waals surface area contributed by atoms with Crippen LogP contribution < -0.4 is 4.74 Å². The first-order valence-electron chi connectivity index (χ1n) is 8.12. The van der Waals surface area contributed by atoms with E-state index >= 15 is 0 Å². The lowest BCUT2D eigenvalue weighted by atomic mass is 9.96. The predicted octanol–water partition coefficient (Wildman–Crippen LogP) is 4.53. The largest absolute Gasteiger partial charge is 0.574 e. The molecule has 0 atom stereocenters. The maximum absolute atomic E-state index is 12.3. The summed E-state index contributed by atoms with van der Waals surface area (Å²) in [6, 6.07) is 4.28. The van der Waals surface area contributed by atoms with Gasteiger partial charge in [0.2, 0.25) is 5.88 Å². The summed E-state index contributed by atoms with van der Waals surface area (Å²) >= 11 is 0. The van der Waals surface area contributed by atoms with Crippen LogP contribution in [0, 0.1) is 0 Å². The Labute approximate surface area is 151 Å². The smallest absolute Gasteiger partial charge is 0.462 e. The number of hydrogen-bond donors (Lipinski definition) is 0. The molecule has 3 rings (SSSR count). The molecule has 27 heavy (non-hydrogen) atoms. The van der Waals surface area contributed by atoms with Gasteiger partial charge in [-0.15, -0.1) is 13.2 Å². The van der Waals surface area contributed by atoms with E-state index in [2.05, 4.69) is 14.7 Å². The molecule has 0 aliphatic heterocycles. The van der Waals surface area contributed by atoms with Crippen molar-refractivity contribution in [3.63, 3.8) is 0 Å². The number of ether oxygens (including phenoxy) is 2. The first-order valence-corrected chi connectivity index (χ1v) is 8.12. The van der Waals surface area contributed by atoms with Gasteiger partial charge in [0.05, 0.1) is 6.61 Å². The van der Waals surface area contributed by atoms with Gasteiger partial charge in [-0.2, -0.15) is 0 Å². The number of benzene rings is 1. The molecule has 142 valence electrons. The normalized spacial score (nSPS) is 11.6. The summed E-state index contributed by atoms with van der Waals surface area (Å²) in [7, 11) is 0. The third-order valence-electron chi connectivity index (χ3n) is 3.82. The predicted molar refractivity (Wildman–Crippen MR) is 89.3 cm³/mol.